The molecular weight excluding hydrogens is 306 g/mol. The van der Waals surface area contributed by atoms with Crippen LogP contribution in [0.15, 0.2) is 35.1 Å². The summed E-state index contributed by atoms with van der Waals surface area (Å²) in [5.41, 5.74) is 3.29. The third-order valence-corrected chi connectivity index (χ3v) is 4.23. The van der Waals surface area contributed by atoms with E-state index >= 15 is 0 Å². The molecule has 0 saturated heterocycles. The van der Waals surface area contributed by atoms with Crippen LogP contribution < -0.4 is 5.56 Å². The van der Waals surface area contributed by atoms with Gasteiger partial charge in [0, 0.05) is 12.7 Å². The van der Waals surface area contributed by atoms with E-state index in [0.29, 0.717) is 23.3 Å². The SMILES string of the molecule is COC(=O)c1cc(C)nc2c1c(=O)n(Cc1ccccc1C)n2C. The maximum absolute atomic E-state index is 12.9. The summed E-state index contributed by atoms with van der Waals surface area (Å²) in [6.07, 6.45) is 0. The lowest BCUT2D eigenvalue weighted by molar-refractivity contribution is 0.0602. The van der Waals surface area contributed by atoms with Gasteiger partial charge in [0.25, 0.3) is 5.56 Å². The molecule has 6 nitrogen and oxygen atoms in total. The van der Waals surface area contributed by atoms with Crippen LogP contribution in [0.25, 0.3) is 11.0 Å². The lowest BCUT2D eigenvalue weighted by Gasteiger charge is -2.09. The summed E-state index contributed by atoms with van der Waals surface area (Å²) < 4.78 is 8.10. The molecule has 0 amide bonds. The van der Waals surface area contributed by atoms with Crippen LogP contribution in [0.2, 0.25) is 0 Å². The quantitative estimate of drug-likeness (QED) is 0.692. The highest BCUT2D eigenvalue weighted by Gasteiger charge is 2.21. The van der Waals surface area contributed by atoms with E-state index in [0.717, 1.165) is 11.1 Å². The molecule has 0 aliphatic carbocycles. The van der Waals surface area contributed by atoms with Crippen LogP contribution in [0.5, 0.6) is 0 Å². The number of nitrogens with zero attached hydrogens (tertiary/aromatic N) is 3. The molecule has 124 valence electrons. The Hall–Kier alpha value is -2.89. The Labute approximate surface area is 139 Å². The normalized spacial score (nSPS) is 11.0. The van der Waals surface area contributed by atoms with Crippen LogP contribution in [0.1, 0.15) is 27.2 Å². The third kappa shape index (κ3) is 2.50. The molecule has 0 aliphatic heterocycles. The van der Waals surface area contributed by atoms with E-state index in [-0.39, 0.29) is 11.1 Å². The van der Waals surface area contributed by atoms with Gasteiger partial charge in [-0.1, -0.05) is 24.3 Å². The van der Waals surface area contributed by atoms with E-state index in [9.17, 15) is 9.59 Å². The molecule has 0 N–H and O–H groups in total. The van der Waals surface area contributed by atoms with Crippen LogP contribution in [0, 0.1) is 13.8 Å². The topological polar surface area (TPSA) is 66.1 Å². The van der Waals surface area contributed by atoms with E-state index in [1.165, 1.54) is 7.11 Å². The molecule has 0 aliphatic rings. The molecule has 0 radical (unpaired) electrons. The van der Waals surface area contributed by atoms with Crippen molar-refractivity contribution in [1.82, 2.24) is 14.3 Å². The van der Waals surface area contributed by atoms with Gasteiger partial charge >= 0.3 is 5.97 Å². The molecule has 6 heteroatoms. The van der Waals surface area contributed by atoms with Gasteiger partial charge in [0.2, 0.25) is 0 Å². The lowest BCUT2D eigenvalue weighted by atomic mass is 10.1. The van der Waals surface area contributed by atoms with Gasteiger partial charge in [0.05, 0.1) is 19.2 Å². The summed E-state index contributed by atoms with van der Waals surface area (Å²) in [5.74, 6) is -0.531. The van der Waals surface area contributed by atoms with Crippen LogP contribution in [0.4, 0.5) is 0 Å². The van der Waals surface area contributed by atoms with Crippen molar-refractivity contribution in [3.05, 3.63) is 63.1 Å². The Morgan fingerprint density at radius 1 is 1.25 bits per heavy atom. The van der Waals surface area contributed by atoms with Crippen LogP contribution in [-0.4, -0.2) is 27.4 Å². The second-order valence-corrected chi connectivity index (χ2v) is 5.81. The highest BCUT2D eigenvalue weighted by molar-refractivity contribution is 6.02. The number of ether oxygens (including phenoxy) is 1. The van der Waals surface area contributed by atoms with Gasteiger partial charge in [-0.25, -0.2) is 14.5 Å². The largest absolute Gasteiger partial charge is 0.465 e. The number of pyridine rings is 1. The predicted molar refractivity (Wildman–Crippen MR) is 91.3 cm³/mol. The van der Waals surface area contributed by atoms with Gasteiger partial charge in [-0.05, 0) is 31.0 Å². The molecule has 0 fully saturated rings. The zero-order valence-electron chi connectivity index (χ0n) is 14.2. The van der Waals surface area contributed by atoms with Gasteiger partial charge in [0.1, 0.15) is 5.39 Å². The summed E-state index contributed by atoms with van der Waals surface area (Å²) in [5, 5.41) is 0.295. The second kappa shape index (κ2) is 5.96. The average molecular weight is 325 g/mol. The van der Waals surface area contributed by atoms with E-state index in [1.54, 1.807) is 29.4 Å². The highest BCUT2D eigenvalue weighted by Crippen LogP contribution is 2.18. The van der Waals surface area contributed by atoms with Crippen molar-refractivity contribution in [3.8, 4) is 0 Å². The predicted octanol–water partition coefficient (Wildman–Crippen LogP) is 2.19. The van der Waals surface area contributed by atoms with Crippen molar-refractivity contribution in [1.29, 1.82) is 0 Å². The van der Waals surface area contributed by atoms with Gasteiger partial charge in [-0.3, -0.25) is 9.48 Å². The van der Waals surface area contributed by atoms with Crippen LogP contribution in [0.3, 0.4) is 0 Å². The smallest absolute Gasteiger partial charge is 0.338 e. The van der Waals surface area contributed by atoms with Crippen molar-refractivity contribution in [2.75, 3.05) is 7.11 Å². The van der Waals surface area contributed by atoms with Crippen LogP contribution in [-0.2, 0) is 18.3 Å². The Balaban J connectivity index is 2.26. The molecule has 2 aromatic heterocycles. The molecule has 2 heterocycles. The minimum atomic E-state index is -0.531. The maximum atomic E-state index is 12.9. The molecule has 24 heavy (non-hydrogen) atoms. The molecule has 0 atom stereocenters. The maximum Gasteiger partial charge on any atom is 0.338 e. The van der Waals surface area contributed by atoms with Crippen LogP contribution >= 0.6 is 0 Å². The number of carbonyl (C=O) groups is 1. The summed E-state index contributed by atoms with van der Waals surface area (Å²) in [7, 11) is 3.08. The molecule has 3 aromatic rings. The number of aromatic nitrogens is 3. The number of esters is 1. The number of methoxy groups -OCH3 is 1. The van der Waals surface area contributed by atoms with E-state index in [2.05, 4.69) is 4.98 Å². The number of benzene rings is 1. The molecule has 0 saturated carbocycles. The minimum absolute atomic E-state index is 0.247. The van der Waals surface area contributed by atoms with Crippen molar-refractivity contribution in [2.24, 2.45) is 7.05 Å². The summed E-state index contributed by atoms with van der Waals surface area (Å²) in [4.78, 5) is 29.4. The van der Waals surface area contributed by atoms with Gasteiger partial charge < -0.3 is 4.74 Å². The molecule has 3 rings (SSSR count). The first-order valence-electron chi connectivity index (χ1n) is 7.64. The second-order valence-electron chi connectivity index (χ2n) is 5.81. The number of aryl methyl sites for hydroxylation is 3. The third-order valence-electron chi connectivity index (χ3n) is 4.23. The van der Waals surface area contributed by atoms with Crippen molar-refractivity contribution in [3.63, 3.8) is 0 Å². The number of hydrogen-bond acceptors (Lipinski definition) is 4. The van der Waals surface area contributed by atoms with Crippen molar-refractivity contribution in [2.45, 2.75) is 20.4 Å². The Morgan fingerprint density at radius 2 is 1.96 bits per heavy atom. The Morgan fingerprint density at radius 3 is 2.62 bits per heavy atom. The highest BCUT2D eigenvalue weighted by atomic mass is 16.5. The zero-order chi connectivity index (χ0) is 17.4. The zero-order valence-corrected chi connectivity index (χ0v) is 14.2. The molecular formula is C18H19N3O3. The first-order valence-corrected chi connectivity index (χ1v) is 7.64. The number of fused-ring (bicyclic) bond motifs is 1. The van der Waals surface area contributed by atoms with Crippen molar-refractivity contribution < 1.29 is 9.53 Å². The summed E-state index contributed by atoms with van der Waals surface area (Å²) >= 11 is 0. The first kappa shape index (κ1) is 16.0. The van der Waals surface area contributed by atoms with E-state index in [4.69, 9.17) is 4.74 Å². The lowest BCUT2D eigenvalue weighted by Crippen LogP contribution is -2.23. The molecule has 1 aromatic carbocycles. The number of rotatable bonds is 3. The molecule has 0 unspecified atom stereocenters. The fourth-order valence-electron chi connectivity index (χ4n) is 2.88. The minimum Gasteiger partial charge on any atom is -0.465 e. The number of hydrogen-bond donors (Lipinski definition) is 0. The fourth-order valence-corrected chi connectivity index (χ4v) is 2.88. The summed E-state index contributed by atoms with van der Waals surface area (Å²) in [6.45, 7) is 4.21. The monoisotopic (exact) mass is 325 g/mol. The van der Waals surface area contributed by atoms with Crippen molar-refractivity contribution >= 4 is 17.0 Å². The van der Waals surface area contributed by atoms with Gasteiger partial charge in [-0.15, -0.1) is 0 Å². The average Bonchev–Trinajstić information content (AvgIpc) is 2.80. The Bertz CT molecular complexity index is 999. The number of carbonyl (C=O) groups excluding carboxylic acids is 1. The van der Waals surface area contributed by atoms with Gasteiger partial charge in [-0.2, -0.15) is 0 Å². The first-order chi connectivity index (χ1) is 11.4. The molecule has 0 spiro atoms. The van der Waals surface area contributed by atoms with Gasteiger partial charge in [0.15, 0.2) is 5.65 Å². The standard InChI is InChI=1S/C18H19N3O3/c1-11-7-5-6-8-13(11)10-21-17(22)15-14(18(23)24-4)9-12(2)19-16(15)20(21)3/h5-9H,10H2,1-4H3. The fraction of sp³-hybridized carbons (Fsp3) is 0.278. The molecule has 0 bridgehead atoms. The Kier molecular flexibility index (Phi) is 3.97. The van der Waals surface area contributed by atoms with E-state index < -0.39 is 5.97 Å². The summed E-state index contributed by atoms with van der Waals surface area (Å²) in [6, 6.07) is 9.49. The van der Waals surface area contributed by atoms with E-state index in [1.807, 2.05) is 31.2 Å².